The van der Waals surface area contributed by atoms with Crippen LogP contribution in [0.25, 0.3) is 0 Å². The Labute approximate surface area is 100 Å². The molecule has 0 bridgehead atoms. The highest BCUT2D eigenvalue weighted by Crippen LogP contribution is 2.21. The number of rotatable bonds is 2. The van der Waals surface area contributed by atoms with Crippen LogP contribution in [-0.2, 0) is 0 Å². The molecule has 0 saturated carbocycles. The topological polar surface area (TPSA) is 38.9 Å². The largest absolute Gasteiger partial charge is 0.320 e. The van der Waals surface area contributed by atoms with Gasteiger partial charge in [0.15, 0.2) is 0 Å². The molecule has 0 aliphatic heterocycles. The number of nitrogens with two attached hydrogens (primary N) is 1. The Morgan fingerprint density at radius 1 is 1.12 bits per heavy atom. The minimum atomic E-state index is -0.126. The van der Waals surface area contributed by atoms with Crippen molar-refractivity contribution in [1.82, 2.24) is 4.98 Å². The molecule has 0 spiro atoms. The Hall–Kier alpha value is -1.38. The van der Waals surface area contributed by atoms with E-state index in [1.54, 1.807) is 6.20 Å². The van der Waals surface area contributed by atoms with E-state index in [0.29, 0.717) is 0 Å². The Morgan fingerprint density at radius 3 is 2.44 bits per heavy atom. The number of hydrogen-bond acceptors (Lipinski definition) is 2. The molecular formula is C13H13ClN2. The highest BCUT2D eigenvalue weighted by molar-refractivity contribution is 6.30. The molecule has 1 atom stereocenters. The lowest BCUT2D eigenvalue weighted by Crippen LogP contribution is -2.11. The Kier molecular flexibility index (Phi) is 3.22. The smallest absolute Gasteiger partial charge is 0.0552 e. The molecular weight excluding hydrogens is 220 g/mol. The zero-order valence-electron chi connectivity index (χ0n) is 9.02. The van der Waals surface area contributed by atoms with E-state index in [1.807, 2.05) is 43.3 Å². The maximum Gasteiger partial charge on any atom is 0.0552 e. The van der Waals surface area contributed by atoms with Crippen LogP contribution in [0.3, 0.4) is 0 Å². The Balaban J connectivity index is 2.31. The van der Waals surface area contributed by atoms with Crippen LogP contribution in [0, 0.1) is 6.92 Å². The van der Waals surface area contributed by atoms with Crippen LogP contribution in [-0.4, -0.2) is 4.98 Å². The third-order valence-corrected chi connectivity index (χ3v) is 2.76. The second-order valence-corrected chi connectivity index (χ2v) is 4.20. The first-order valence-corrected chi connectivity index (χ1v) is 5.48. The molecule has 0 unspecified atom stereocenters. The number of aromatic nitrogens is 1. The van der Waals surface area contributed by atoms with Gasteiger partial charge in [0.1, 0.15) is 0 Å². The molecule has 82 valence electrons. The van der Waals surface area contributed by atoms with Crippen LogP contribution < -0.4 is 5.73 Å². The van der Waals surface area contributed by atoms with Crippen molar-refractivity contribution in [3.05, 3.63) is 64.4 Å². The molecule has 0 amide bonds. The lowest BCUT2D eigenvalue weighted by atomic mass is 10.0. The van der Waals surface area contributed by atoms with E-state index in [-0.39, 0.29) is 6.04 Å². The van der Waals surface area contributed by atoms with Crippen molar-refractivity contribution in [2.45, 2.75) is 13.0 Å². The number of benzene rings is 1. The average Bonchev–Trinajstić information content (AvgIpc) is 2.29. The molecule has 16 heavy (non-hydrogen) atoms. The van der Waals surface area contributed by atoms with Gasteiger partial charge in [-0.2, -0.15) is 0 Å². The van der Waals surface area contributed by atoms with E-state index in [2.05, 4.69) is 4.98 Å². The summed E-state index contributed by atoms with van der Waals surface area (Å²) in [6, 6.07) is 11.4. The first kappa shape index (κ1) is 11.1. The summed E-state index contributed by atoms with van der Waals surface area (Å²) in [5.74, 6) is 0. The van der Waals surface area contributed by atoms with Crippen LogP contribution in [0.1, 0.15) is 22.9 Å². The van der Waals surface area contributed by atoms with Crippen molar-refractivity contribution in [1.29, 1.82) is 0 Å². The highest BCUT2D eigenvalue weighted by Gasteiger charge is 2.08. The fourth-order valence-electron chi connectivity index (χ4n) is 1.62. The summed E-state index contributed by atoms with van der Waals surface area (Å²) in [5, 5.41) is 0.724. The second-order valence-electron chi connectivity index (χ2n) is 3.76. The van der Waals surface area contributed by atoms with Crippen LogP contribution in [0.15, 0.2) is 42.6 Å². The molecule has 1 heterocycles. The number of aryl methyl sites for hydroxylation is 1. The molecule has 0 aliphatic carbocycles. The summed E-state index contributed by atoms with van der Waals surface area (Å²) >= 11 is 5.84. The zero-order chi connectivity index (χ0) is 11.5. The maximum absolute atomic E-state index is 6.16. The van der Waals surface area contributed by atoms with E-state index in [1.165, 1.54) is 0 Å². The van der Waals surface area contributed by atoms with Gasteiger partial charge < -0.3 is 5.73 Å². The summed E-state index contributed by atoms with van der Waals surface area (Å²) in [6.07, 6.45) is 1.78. The van der Waals surface area contributed by atoms with Crippen molar-refractivity contribution in [3.8, 4) is 0 Å². The van der Waals surface area contributed by atoms with E-state index < -0.39 is 0 Å². The normalized spacial score (nSPS) is 12.4. The van der Waals surface area contributed by atoms with Gasteiger partial charge in [0.25, 0.3) is 0 Å². The first-order chi connectivity index (χ1) is 7.66. The van der Waals surface area contributed by atoms with Gasteiger partial charge in [0, 0.05) is 16.9 Å². The van der Waals surface area contributed by atoms with Gasteiger partial charge >= 0.3 is 0 Å². The third kappa shape index (κ3) is 2.40. The lowest BCUT2D eigenvalue weighted by Gasteiger charge is -2.12. The summed E-state index contributed by atoms with van der Waals surface area (Å²) < 4.78 is 0. The van der Waals surface area contributed by atoms with Crippen molar-refractivity contribution < 1.29 is 0 Å². The highest BCUT2D eigenvalue weighted by atomic mass is 35.5. The number of pyridine rings is 1. The first-order valence-electron chi connectivity index (χ1n) is 5.10. The SMILES string of the molecule is Cc1cc([C@H](N)c2ccc(Cl)cc2)ccn1. The van der Waals surface area contributed by atoms with Crippen molar-refractivity contribution in [2.75, 3.05) is 0 Å². The van der Waals surface area contributed by atoms with Crippen molar-refractivity contribution in [3.63, 3.8) is 0 Å². The van der Waals surface area contributed by atoms with Gasteiger partial charge in [-0.1, -0.05) is 23.7 Å². The molecule has 1 aromatic heterocycles. The van der Waals surface area contributed by atoms with E-state index >= 15 is 0 Å². The average molecular weight is 233 g/mol. The molecule has 1 aromatic carbocycles. The molecule has 2 N–H and O–H groups in total. The van der Waals surface area contributed by atoms with Gasteiger partial charge in [-0.25, -0.2) is 0 Å². The van der Waals surface area contributed by atoms with E-state index in [0.717, 1.165) is 21.8 Å². The predicted molar refractivity (Wildman–Crippen MR) is 66.5 cm³/mol. The van der Waals surface area contributed by atoms with E-state index in [4.69, 9.17) is 17.3 Å². The molecule has 0 aliphatic rings. The molecule has 2 nitrogen and oxygen atoms in total. The lowest BCUT2D eigenvalue weighted by molar-refractivity contribution is 0.864. The van der Waals surface area contributed by atoms with Gasteiger partial charge in [-0.15, -0.1) is 0 Å². The van der Waals surface area contributed by atoms with Crippen LogP contribution >= 0.6 is 11.6 Å². The number of nitrogens with zero attached hydrogens (tertiary/aromatic N) is 1. The molecule has 0 radical (unpaired) electrons. The van der Waals surface area contributed by atoms with Gasteiger partial charge in [0.05, 0.1) is 6.04 Å². The Morgan fingerprint density at radius 2 is 1.81 bits per heavy atom. The predicted octanol–water partition coefficient (Wildman–Crippen LogP) is 3.09. The third-order valence-electron chi connectivity index (χ3n) is 2.51. The molecule has 3 heteroatoms. The molecule has 2 rings (SSSR count). The number of halogens is 1. The monoisotopic (exact) mass is 232 g/mol. The van der Waals surface area contributed by atoms with Crippen LogP contribution in [0.4, 0.5) is 0 Å². The van der Waals surface area contributed by atoms with Crippen LogP contribution in [0.5, 0.6) is 0 Å². The second kappa shape index (κ2) is 4.64. The quantitative estimate of drug-likeness (QED) is 0.864. The summed E-state index contributed by atoms with van der Waals surface area (Å²) in [7, 11) is 0. The fourth-order valence-corrected chi connectivity index (χ4v) is 1.75. The summed E-state index contributed by atoms with van der Waals surface area (Å²) in [6.45, 7) is 1.96. The Bertz CT molecular complexity index is 480. The van der Waals surface area contributed by atoms with E-state index in [9.17, 15) is 0 Å². The maximum atomic E-state index is 6.16. The van der Waals surface area contributed by atoms with Gasteiger partial charge in [0.2, 0.25) is 0 Å². The molecule has 0 saturated heterocycles. The van der Waals surface area contributed by atoms with Crippen LogP contribution in [0.2, 0.25) is 5.02 Å². The summed E-state index contributed by atoms with van der Waals surface area (Å²) in [4.78, 5) is 4.15. The zero-order valence-corrected chi connectivity index (χ0v) is 9.78. The minimum Gasteiger partial charge on any atom is -0.320 e. The molecule has 2 aromatic rings. The van der Waals surface area contributed by atoms with Gasteiger partial charge in [-0.3, -0.25) is 4.98 Å². The van der Waals surface area contributed by atoms with Crippen molar-refractivity contribution >= 4 is 11.6 Å². The van der Waals surface area contributed by atoms with Crippen molar-refractivity contribution in [2.24, 2.45) is 5.73 Å². The summed E-state index contributed by atoms with van der Waals surface area (Å²) in [5.41, 5.74) is 9.25. The molecule has 0 fully saturated rings. The standard InChI is InChI=1S/C13H13ClN2/c1-9-8-11(6-7-16-9)13(15)10-2-4-12(14)5-3-10/h2-8,13H,15H2,1H3/t13-/m1/s1. The fraction of sp³-hybridized carbons (Fsp3) is 0.154. The minimum absolute atomic E-state index is 0.126. The van der Waals surface area contributed by atoms with Gasteiger partial charge in [-0.05, 0) is 42.3 Å². The number of hydrogen-bond donors (Lipinski definition) is 1.